The van der Waals surface area contributed by atoms with Crippen LogP contribution in [0.4, 0.5) is 0 Å². The highest BCUT2D eigenvalue weighted by Crippen LogP contribution is 2.19. The van der Waals surface area contributed by atoms with Crippen molar-refractivity contribution in [3.63, 3.8) is 0 Å². The quantitative estimate of drug-likeness (QED) is 0.731. The molecule has 1 heterocycles. The van der Waals surface area contributed by atoms with Gasteiger partial charge in [0, 0.05) is 25.2 Å². The van der Waals surface area contributed by atoms with E-state index in [4.69, 9.17) is 0 Å². The minimum atomic E-state index is 0.260. The second-order valence-corrected chi connectivity index (χ2v) is 5.64. The Kier molecular flexibility index (Phi) is 4.56. The first kappa shape index (κ1) is 12.9. The zero-order valence-electron chi connectivity index (χ0n) is 11.0. The molecule has 3 heteroatoms. The molecule has 1 fully saturated rings. The predicted molar refractivity (Wildman–Crippen MR) is 66.2 cm³/mol. The zero-order chi connectivity index (χ0) is 11.5. The molecule has 1 aliphatic rings. The van der Waals surface area contributed by atoms with Crippen molar-refractivity contribution < 1.29 is 0 Å². The van der Waals surface area contributed by atoms with Crippen molar-refractivity contribution in [3.05, 3.63) is 0 Å². The average molecular weight is 213 g/mol. The van der Waals surface area contributed by atoms with Crippen LogP contribution in [0.2, 0.25) is 0 Å². The van der Waals surface area contributed by atoms with Crippen LogP contribution >= 0.6 is 0 Å². The molecule has 15 heavy (non-hydrogen) atoms. The summed E-state index contributed by atoms with van der Waals surface area (Å²) in [5, 5.41) is 3.27. The maximum Gasteiger partial charge on any atom is 0.0274 e. The van der Waals surface area contributed by atoms with E-state index >= 15 is 0 Å². The summed E-state index contributed by atoms with van der Waals surface area (Å²) in [6.07, 6.45) is 1.36. The van der Waals surface area contributed by atoms with Crippen LogP contribution in [0.15, 0.2) is 0 Å². The van der Waals surface area contributed by atoms with Gasteiger partial charge in [-0.15, -0.1) is 0 Å². The lowest BCUT2D eigenvalue weighted by atomic mass is 10.0. The fraction of sp³-hybridized carbons (Fsp3) is 1.00. The maximum absolute atomic E-state index is 3.27. The van der Waals surface area contributed by atoms with E-state index in [1.165, 1.54) is 26.1 Å². The van der Waals surface area contributed by atoms with Crippen molar-refractivity contribution in [3.8, 4) is 0 Å². The summed E-state index contributed by atoms with van der Waals surface area (Å²) in [4.78, 5) is 4.93. The van der Waals surface area contributed by atoms with Crippen molar-refractivity contribution in [2.24, 2.45) is 5.92 Å². The van der Waals surface area contributed by atoms with Gasteiger partial charge in [-0.25, -0.2) is 0 Å². The molecule has 0 bridgehead atoms. The van der Waals surface area contributed by atoms with E-state index in [9.17, 15) is 0 Å². The van der Waals surface area contributed by atoms with Gasteiger partial charge in [0.25, 0.3) is 0 Å². The van der Waals surface area contributed by atoms with E-state index in [-0.39, 0.29) is 5.54 Å². The molecule has 1 aliphatic heterocycles. The number of nitrogens with zero attached hydrogens (tertiary/aromatic N) is 2. The van der Waals surface area contributed by atoms with Gasteiger partial charge in [0.1, 0.15) is 0 Å². The number of nitrogens with one attached hydrogen (secondary N) is 1. The second kappa shape index (κ2) is 5.28. The summed E-state index contributed by atoms with van der Waals surface area (Å²) < 4.78 is 0. The van der Waals surface area contributed by atoms with Gasteiger partial charge in [-0.05, 0) is 53.9 Å². The lowest BCUT2D eigenvalue weighted by Gasteiger charge is -2.37. The van der Waals surface area contributed by atoms with E-state index in [0.29, 0.717) is 0 Å². The Balaban J connectivity index is 2.37. The topological polar surface area (TPSA) is 18.5 Å². The molecule has 0 aliphatic carbocycles. The first-order valence-corrected chi connectivity index (χ1v) is 6.00. The molecule has 0 amide bonds. The van der Waals surface area contributed by atoms with Crippen molar-refractivity contribution in [1.82, 2.24) is 15.1 Å². The van der Waals surface area contributed by atoms with Crippen LogP contribution in [0, 0.1) is 5.92 Å². The number of likely N-dealkylation sites (tertiary alicyclic amines) is 1. The molecule has 1 rings (SSSR count). The molecule has 0 aromatic rings. The molecule has 1 atom stereocenters. The van der Waals surface area contributed by atoms with Crippen LogP contribution in [-0.2, 0) is 0 Å². The molecule has 0 aromatic carbocycles. The average Bonchev–Trinajstić information content (AvgIpc) is 2.51. The molecule has 1 N–H and O–H groups in total. The van der Waals surface area contributed by atoms with E-state index < -0.39 is 0 Å². The van der Waals surface area contributed by atoms with Crippen LogP contribution < -0.4 is 5.32 Å². The van der Waals surface area contributed by atoms with Crippen LogP contribution in [-0.4, -0.2) is 62.7 Å². The number of hydrogen-bond donors (Lipinski definition) is 1. The molecule has 0 saturated carbocycles. The SMILES string of the molecule is CNCC(C)(C)N(C)CC1CCN(C)C1. The third-order valence-corrected chi connectivity index (χ3v) is 3.66. The molecule has 1 unspecified atom stereocenters. The summed E-state index contributed by atoms with van der Waals surface area (Å²) in [5.41, 5.74) is 0.260. The van der Waals surface area contributed by atoms with Crippen LogP contribution in [0.25, 0.3) is 0 Å². The molecular weight excluding hydrogens is 186 g/mol. The summed E-state index contributed by atoms with van der Waals surface area (Å²) in [6.45, 7) is 9.42. The smallest absolute Gasteiger partial charge is 0.0274 e. The minimum Gasteiger partial charge on any atom is -0.318 e. The van der Waals surface area contributed by atoms with Gasteiger partial charge in [0.2, 0.25) is 0 Å². The molecule has 1 saturated heterocycles. The van der Waals surface area contributed by atoms with E-state index in [1.807, 2.05) is 7.05 Å². The van der Waals surface area contributed by atoms with Crippen molar-refractivity contribution in [2.45, 2.75) is 25.8 Å². The molecule has 90 valence electrons. The first-order chi connectivity index (χ1) is 6.95. The van der Waals surface area contributed by atoms with Crippen molar-refractivity contribution in [2.75, 3.05) is 47.3 Å². The van der Waals surface area contributed by atoms with Crippen LogP contribution in [0.5, 0.6) is 0 Å². The van der Waals surface area contributed by atoms with Crippen LogP contribution in [0.3, 0.4) is 0 Å². The zero-order valence-corrected chi connectivity index (χ0v) is 11.0. The Labute approximate surface area is 94.8 Å². The van der Waals surface area contributed by atoms with E-state index in [2.05, 4.69) is 43.1 Å². The normalized spacial score (nSPS) is 24.0. The Morgan fingerprint density at radius 3 is 2.60 bits per heavy atom. The highest BCUT2D eigenvalue weighted by Gasteiger charge is 2.27. The van der Waals surface area contributed by atoms with E-state index in [0.717, 1.165) is 12.5 Å². The first-order valence-electron chi connectivity index (χ1n) is 6.00. The van der Waals surface area contributed by atoms with Gasteiger partial charge in [-0.3, -0.25) is 4.90 Å². The Morgan fingerprint density at radius 2 is 2.13 bits per heavy atom. The third-order valence-electron chi connectivity index (χ3n) is 3.66. The molecule has 0 radical (unpaired) electrons. The summed E-state index contributed by atoms with van der Waals surface area (Å²) >= 11 is 0. The van der Waals surface area contributed by atoms with E-state index in [1.54, 1.807) is 0 Å². The highest BCUT2D eigenvalue weighted by molar-refractivity contribution is 4.84. The van der Waals surface area contributed by atoms with Crippen molar-refractivity contribution in [1.29, 1.82) is 0 Å². The summed E-state index contributed by atoms with van der Waals surface area (Å²) in [5.74, 6) is 0.858. The van der Waals surface area contributed by atoms with Gasteiger partial charge in [0.15, 0.2) is 0 Å². The van der Waals surface area contributed by atoms with Crippen LogP contribution in [0.1, 0.15) is 20.3 Å². The van der Waals surface area contributed by atoms with Gasteiger partial charge in [-0.1, -0.05) is 0 Å². The number of rotatable bonds is 5. The monoisotopic (exact) mass is 213 g/mol. The second-order valence-electron chi connectivity index (χ2n) is 5.64. The van der Waals surface area contributed by atoms with Gasteiger partial charge in [-0.2, -0.15) is 0 Å². The Bertz CT molecular complexity index is 191. The third kappa shape index (κ3) is 3.74. The lowest BCUT2D eigenvalue weighted by Crippen LogP contribution is -2.49. The fourth-order valence-corrected chi connectivity index (χ4v) is 2.38. The number of hydrogen-bond acceptors (Lipinski definition) is 3. The maximum atomic E-state index is 3.27. The molecular formula is C12H27N3. The molecule has 3 nitrogen and oxygen atoms in total. The predicted octanol–water partition coefficient (Wildman–Crippen LogP) is 0.868. The standard InChI is InChI=1S/C12H27N3/c1-12(2,10-13-3)15(5)9-11-6-7-14(4)8-11/h11,13H,6-10H2,1-5H3. The van der Waals surface area contributed by atoms with Gasteiger partial charge in [0.05, 0.1) is 0 Å². The van der Waals surface area contributed by atoms with Crippen molar-refractivity contribution >= 4 is 0 Å². The summed E-state index contributed by atoms with van der Waals surface area (Å²) in [6, 6.07) is 0. The fourth-order valence-electron chi connectivity index (χ4n) is 2.38. The van der Waals surface area contributed by atoms with Gasteiger partial charge < -0.3 is 10.2 Å². The summed E-state index contributed by atoms with van der Waals surface area (Å²) in [7, 11) is 6.49. The lowest BCUT2D eigenvalue weighted by molar-refractivity contribution is 0.133. The molecule has 0 aromatic heterocycles. The Morgan fingerprint density at radius 1 is 1.47 bits per heavy atom. The number of likely N-dealkylation sites (N-methyl/N-ethyl adjacent to an activating group) is 2. The van der Waals surface area contributed by atoms with Gasteiger partial charge >= 0.3 is 0 Å². The molecule has 0 spiro atoms. The minimum absolute atomic E-state index is 0.260. The highest BCUT2D eigenvalue weighted by atomic mass is 15.2. The largest absolute Gasteiger partial charge is 0.318 e. The Hall–Kier alpha value is -0.120.